The van der Waals surface area contributed by atoms with Crippen LogP contribution in [0.5, 0.6) is 5.75 Å². The van der Waals surface area contributed by atoms with Gasteiger partial charge in [0.15, 0.2) is 0 Å². The van der Waals surface area contributed by atoms with E-state index in [1.54, 1.807) is 0 Å². The topological polar surface area (TPSA) is 30.3 Å². The number of hydrogen-bond donors (Lipinski definition) is 0. The largest absolute Gasteiger partial charge is 0.494 e. The Kier molecular flexibility index (Phi) is 4.88. The van der Waals surface area contributed by atoms with Gasteiger partial charge in [0.05, 0.1) is 12.1 Å². The number of aromatic nitrogens is 2. The molecule has 3 heterocycles. The van der Waals surface area contributed by atoms with Gasteiger partial charge in [-0.1, -0.05) is 6.42 Å². The Morgan fingerprint density at radius 3 is 2.72 bits per heavy atom. The summed E-state index contributed by atoms with van der Waals surface area (Å²) in [6.45, 7) is 6.64. The molecule has 0 bridgehead atoms. The molecule has 29 heavy (non-hydrogen) atoms. The molecule has 0 aliphatic carbocycles. The summed E-state index contributed by atoms with van der Waals surface area (Å²) in [6, 6.07) is 10.9. The molecule has 1 saturated heterocycles. The summed E-state index contributed by atoms with van der Waals surface area (Å²) in [5, 5.41) is 4.99. The van der Waals surface area contributed by atoms with Gasteiger partial charge >= 0.3 is 0 Å². The van der Waals surface area contributed by atoms with E-state index in [2.05, 4.69) is 58.8 Å². The quantitative estimate of drug-likeness (QED) is 0.427. The van der Waals surface area contributed by atoms with E-state index in [0.29, 0.717) is 0 Å². The smallest absolute Gasteiger partial charge is 0.120 e. The lowest BCUT2D eigenvalue weighted by Gasteiger charge is -2.26. The van der Waals surface area contributed by atoms with Crippen molar-refractivity contribution in [3.63, 3.8) is 0 Å². The fraction of sp³-hybridized carbons (Fsp3) is 0.400. The zero-order chi connectivity index (χ0) is 19.8. The Labute approximate surface area is 172 Å². The summed E-state index contributed by atoms with van der Waals surface area (Å²) in [4.78, 5) is 6.89. The van der Waals surface area contributed by atoms with Crippen molar-refractivity contribution in [3.05, 3.63) is 48.3 Å². The highest BCUT2D eigenvalue weighted by atomic mass is 16.5. The van der Waals surface area contributed by atoms with E-state index in [-0.39, 0.29) is 0 Å². The zero-order valence-electron chi connectivity index (χ0n) is 17.4. The minimum Gasteiger partial charge on any atom is -0.494 e. The highest BCUT2D eigenvalue weighted by molar-refractivity contribution is 6.14. The normalized spacial score (nSPS) is 15.5. The average molecular weight is 388 g/mol. The molecule has 4 aromatic rings. The first kappa shape index (κ1) is 18.4. The summed E-state index contributed by atoms with van der Waals surface area (Å²) in [5.41, 5.74) is 3.84. The van der Waals surface area contributed by atoms with Gasteiger partial charge in [-0.05, 0) is 80.6 Å². The van der Waals surface area contributed by atoms with Crippen LogP contribution in [0.4, 0.5) is 0 Å². The van der Waals surface area contributed by atoms with Crippen LogP contribution in [-0.4, -0.2) is 40.7 Å². The minimum absolute atomic E-state index is 0.776. The van der Waals surface area contributed by atoms with Crippen LogP contribution in [0.2, 0.25) is 0 Å². The molecule has 4 nitrogen and oxygen atoms in total. The van der Waals surface area contributed by atoms with Crippen LogP contribution in [0.25, 0.3) is 32.6 Å². The van der Waals surface area contributed by atoms with Crippen molar-refractivity contribution in [2.24, 2.45) is 7.05 Å². The molecule has 0 saturated carbocycles. The standard InChI is InChI=1S/C25H29N3O/c1-18-21-9-10-26-17-19(21)15-23-22-16-20(7-8-24(22)27(2)25(18)23)29-14-6-13-28-11-4-3-5-12-28/h7-10,15-17H,3-6,11-14H2,1-2H3. The molecule has 0 N–H and O–H groups in total. The summed E-state index contributed by atoms with van der Waals surface area (Å²) in [5.74, 6) is 0.965. The third-order valence-corrected chi connectivity index (χ3v) is 6.46. The van der Waals surface area contributed by atoms with Crippen molar-refractivity contribution in [2.75, 3.05) is 26.2 Å². The van der Waals surface area contributed by atoms with Crippen LogP contribution in [0.1, 0.15) is 31.2 Å². The number of rotatable bonds is 5. The molecular formula is C25H29N3O. The third kappa shape index (κ3) is 3.36. The third-order valence-electron chi connectivity index (χ3n) is 6.46. The Hall–Kier alpha value is -2.59. The predicted octanol–water partition coefficient (Wildman–Crippen LogP) is 5.44. The Morgan fingerprint density at radius 2 is 1.86 bits per heavy atom. The molecule has 0 unspecified atom stereocenters. The van der Waals surface area contributed by atoms with Crippen LogP contribution in [0.15, 0.2) is 42.7 Å². The molecular weight excluding hydrogens is 358 g/mol. The fourth-order valence-electron chi connectivity index (χ4n) is 4.95. The van der Waals surface area contributed by atoms with Crippen molar-refractivity contribution < 1.29 is 4.74 Å². The lowest BCUT2D eigenvalue weighted by Crippen LogP contribution is -2.31. The van der Waals surface area contributed by atoms with E-state index in [4.69, 9.17) is 4.74 Å². The van der Waals surface area contributed by atoms with Gasteiger partial charge in [-0.2, -0.15) is 0 Å². The molecule has 0 spiro atoms. The monoisotopic (exact) mass is 387 g/mol. The van der Waals surface area contributed by atoms with Gasteiger partial charge in [0.1, 0.15) is 5.75 Å². The molecule has 1 aliphatic heterocycles. The first-order valence-corrected chi connectivity index (χ1v) is 10.8. The number of nitrogens with zero attached hydrogens (tertiary/aromatic N) is 3. The number of benzene rings is 2. The number of piperidine rings is 1. The van der Waals surface area contributed by atoms with E-state index >= 15 is 0 Å². The van der Waals surface area contributed by atoms with Crippen LogP contribution in [0, 0.1) is 6.92 Å². The maximum atomic E-state index is 6.13. The number of pyridine rings is 1. The van der Waals surface area contributed by atoms with Gasteiger partial charge < -0.3 is 14.2 Å². The molecule has 4 heteroatoms. The molecule has 0 radical (unpaired) electrons. The number of likely N-dealkylation sites (tertiary alicyclic amines) is 1. The van der Waals surface area contributed by atoms with E-state index in [1.807, 2.05) is 12.4 Å². The molecule has 1 aliphatic rings. The number of hydrogen-bond acceptors (Lipinski definition) is 3. The molecule has 2 aromatic heterocycles. The number of aryl methyl sites for hydroxylation is 2. The second-order valence-electron chi connectivity index (χ2n) is 8.34. The first-order valence-electron chi connectivity index (χ1n) is 10.8. The fourth-order valence-corrected chi connectivity index (χ4v) is 4.95. The molecule has 150 valence electrons. The van der Waals surface area contributed by atoms with Crippen LogP contribution in [-0.2, 0) is 7.05 Å². The van der Waals surface area contributed by atoms with Gasteiger partial charge in [0.2, 0.25) is 0 Å². The summed E-state index contributed by atoms with van der Waals surface area (Å²) >= 11 is 0. The number of ether oxygens (including phenoxy) is 1. The van der Waals surface area contributed by atoms with E-state index in [1.165, 1.54) is 70.5 Å². The van der Waals surface area contributed by atoms with Crippen molar-refractivity contribution in [1.82, 2.24) is 14.5 Å². The molecule has 5 rings (SSSR count). The first-order chi connectivity index (χ1) is 14.2. The van der Waals surface area contributed by atoms with Crippen molar-refractivity contribution in [1.29, 1.82) is 0 Å². The SMILES string of the molecule is Cc1c2ccncc2cc2c3cc(OCCCN4CCCCC4)ccc3n(C)c12. The van der Waals surface area contributed by atoms with E-state index < -0.39 is 0 Å². The molecule has 2 aromatic carbocycles. The van der Waals surface area contributed by atoms with E-state index in [9.17, 15) is 0 Å². The van der Waals surface area contributed by atoms with Gasteiger partial charge in [0, 0.05) is 47.7 Å². The maximum absolute atomic E-state index is 6.13. The minimum atomic E-state index is 0.776. The highest BCUT2D eigenvalue weighted by Crippen LogP contribution is 2.36. The number of fused-ring (bicyclic) bond motifs is 4. The highest BCUT2D eigenvalue weighted by Gasteiger charge is 2.14. The molecule has 1 fully saturated rings. The molecule has 0 atom stereocenters. The van der Waals surface area contributed by atoms with Crippen LogP contribution in [0.3, 0.4) is 0 Å². The van der Waals surface area contributed by atoms with Crippen molar-refractivity contribution >= 4 is 32.6 Å². The van der Waals surface area contributed by atoms with E-state index in [0.717, 1.165) is 25.3 Å². The van der Waals surface area contributed by atoms with Crippen molar-refractivity contribution in [2.45, 2.75) is 32.6 Å². The maximum Gasteiger partial charge on any atom is 0.120 e. The van der Waals surface area contributed by atoms with Gasteiger partial charge in [0.25, 0.3) is 0 Å². The Balaban J connectivity index is 1.42. The summed E-state index contributed by atoms with van der Waals surface area (Å²) in [7, 11) is 2.16. The summed E-state index contributed by atoms with van der Waals surface area (Å²) in [6.07, 6.45) is 9.01. The van der Waals surface area contributed by atoms with Gasteiger partial charge in [-0.15, -0.1) is 0 Å². The van der Waals surface area contributed by atoms with Gasteiger partial charge in [-0.3, -0.25) is 4.98 Å². The average Bonchev–Trinajstić information content (AvgIpc) is 3.04. The van der Waals surface area contributed by atoms with Crippen LogP contribution >= 0.6 is 0 Å². The van der Waals surface area contributed by atoms with Crippen LogP contribution < -0.4 is 4.74 Å². The predicted molar refractivity (Wildman–Crippen MR) is 121 cm³/mol. The lowest BCUT2D eigenvalue weighted by molar-refractivity contribution is 0.205. The second kappa shape index (κ2) is 7.68. The summed E-state index contributed by atoms with van der Waals surface area (Å²) < 4.78 is 8.44. The lowest BCUT2D eigenvalue weighted by atomic mass is 10.0. The zero-order valence-corrected chi connectivity index (χ0v) is 17.4. The van der Waals surface area contributed by atoms with Gasteiger partial charge in [-0.25, -0.2) is 0 Å². The second-order valence-corrected chi connectivity index (χ2v) is 8.34. The molecule has 0 amide bonds. The van der Waals surface area contributed by atoms with Crippen molar-refractivity contribution in [3.8, 4) is 5.75 Å². The Bertz CT molecular complexity index is 1170. The Morgan fingerprint density at radius 1 is 1.00 bits per heavy atom.